The maximum atomic E-state index is 9.24. The maximum Gasteiger partial charge on any atom is 0.147 e. The second-order valence-corrected chi connectivity index (χ2v) is 3.81. The fourth-order valence-electron chi connectivity index (χ4n) is 1.17. The summed E-state index contributed by atoms with van der Waals surface area (Å²) >= 11 is 5.69. The van der Waals surface area contributed by atoms with Crippen LogP contribution in [0.1, 0.15) is 19.0 Å². The molecule has 0 fully saturated rings. The standard InChI is InChI=1S/C9H13ClN2O2/c1-9(6-14,2-3-13)7-4-11-5-8(10)12-7/h4-5,13-14H,2-3,6H2,1H3. The van der Waals surface area contributed by atoms with Crippen LogP contribution in [-0.4, -0.2) is 33.4 Å². The second kappa shape index (κ2) is 4.68. The van der Waals surface area contributed by atoms with Gasteiger partial charge in [0.2, 0.25) is 0 Å². The third kappa shape index (κ3) is 2.41. The Kier molecular flexibility index (Phi) is 3.80. The zero-order valence-corrected chi connectivity index (χ0v) is 8.70. The summed E-state index contributed by atoms with van der Waals surface area (Å²) < 4.78 is 0. The number of aliphatic hydroxyl groups excluding tert-OH is 2. The SMILES string of the molecule is CC(CO)(CCO)c1cncc(Cl)n1. The monoisotopic (exact) mass is 216 g/mol. The molecule has 2 N–H and O–H groups in total. The van der Waals surface area contributed by atoms with Crippen LogP contribution in [0.3, 0.4) is 0 Å². The van der Waals surface area contributed by atoms with Crippen molar-refractivity contribution >= 4 is 11.6 Å². The Morgan fingerprint density at radius 1 is 1.43 bits per heavy atom. The van der Waals surface area contributed by atoms with Gasteiger partial charge in [0.15, 0.2) is 0 Å². The predicted molar refractivity (Wildman–Crippen MR) is 53.2 cm³/mol. The van der Waals surface area contributed by atoms with Crippen molar-refractivity contribution in [2.24, 2.45) is 0 Å². The third-order valence-electron chi connectivity index (χ3n) is 2.24. The number of aromatic nitrogens is 2. The van der Waals surface area contributed by atoms with Crippen molar-refractivity contribution in [1.29, 1.82) is 0 Å². The number of nitrogens with zero attached hydrogens (tertiary/aromatic N) is 2. The summed E-state index contributed by atoms with van der Waals surface area (Å²) in [4.78, 5) is 7.96. The topological polar surface area (TPSA) is 66.2 Å². The highest BCUT2D eigenvalue weighted by atomic mass is 35.5. The molecular formula is C9H13ClN2O2. The molecule has 0 aliphatic rings. The lowest BCUT2D eigenvalue weighted by atomic mass is 9.85. The molecule has 5 heteroatoms. The molecule has 0 aliphatic heterocycles. The Bertz CT molecular complexity index is 309. The number of hydrogen-bond acceptors (Lipinski definition) is 4. The van der Waals surface area contributed by atoms with E-state index in [2.05, 4.69) is 9.97 Å². The molecular weight excluding hydrogens is 204 g/mol. The van der Waals surface area contributed by atoms with Gasteiger partial charge < -0.3 is 10.2 Å². The van der Waals surface area contributed by atoms with E-state index in [4.69, 9.17) is 16.7 Å². The van der Waals surface area contributed by atoms with Gasteiger partial charge in [-0.05, 0) is 6.42 Å². The van der Waals surface area contributed by atoms with E-state index in [1.54, 1.807) is 6.20 Å². The van der Waals surface area contributed by atoms with Crippen LogP contribution in [0.2, 0.25) is 5.15 Å². The lowest BCUT2D eigenvalue weighted by Crippen LogP contribution is -2.29. The Balaban J connectivity index is 2.99. The largest absolute Gasteiger partial charge is 0.396 e. The molecule has 0 aromatic carbocycles. The number of hydrogen-bond donors (Lipinski definition) is 2. The number of rotatable bonds is 4. The van der Waals surface area contributed by atoms with Crippen molar-refractivity contribution in [3.05, 3.63) is 23.2 Å². The summed E-state index contributed by atoms with van der Waals surface area (Å²) in [5.41, 5.74) is 0.0219. The van der Waals surface area contributed by atoms with Crippen LogP contribution < -0.4 is 0 Å². The first-order chi connectivity index (χ1) is 6.62. The highest BCUT2D eigenvalue weighted by Crippen LogP contribution is 2.25. The fourth-order valence-corrected chi connectivity index (χ4v) is 1.32. The molecule has 0 radical (unpaired) electrons. The van der Waals surface area contributed by atoms with E-state index >= 15 is 0 Å². The highest BCUT2D eigenvalue weighted by molar-refractivity contribution is 6.29. The average Bonchev–Trinajstić information content (AvgIpc) is 2.18. The van der Waals surface area contributed by atoms with Crippen LogP contribution in [0, 0.1) is 0 Å². The molecule has 14 heavy (non-hydrogen) atoms. The Labute approximate surface area is 87.6 Å². The van der Waals surface area contributed by atoms with Crippen molar-refractivity contribution < 1.29 is 10.2 Å². The molecule has 4 nitrogen and oxygen atoms in total. The lowest BCUT2D eigenvalue weighted by Gasteiger charge is -2.25. The minimum Gasteiger partial charge on any atom is -0.396 e. The van der Waals surface area contributed by atoms with Crippen LogP contribution in [0.5, 0.6) is 0 Å². The fraction of sp³-hybridized carbons (Fsp3) is 0.556. The summed E-state index contributed by atoms with van der Waals surface area (Å²) in [6.45, 7) is 1.71. The molecule has 0 amide bonds. The quantitative estimate of drug-likeness (QED) is 0.780. The molecule has 0 bridgehead atoms. The van der Waals surface area contributed by atoms with E-state index in [0.717, 1.165) is 0 Å². The van der Waals surface area contributed by atoms with Crippen LogP contribution in [0.4, 0.5) is 0 Å². The van der Waals surface area contributed by atoms with Crippen LogP contribution in [-0.2, 0) is 5.41 Å². The van der Waals surface area contributed by atoms with E-state index in [-0.39, 0.29) is 13.2 Å². The van der Waals surface area contributed by atoms with Gasteiger partial charge in [-0.15, -0.1) is 0 Å². The molecule has 0 saturated heterocycles. The van der Waals surface area contributed by atoms with Gasteiger partial charge >= 0.3 is 0 Å². The molecule has 1 atom stereocenters. The highest BCUT2D eigenvalue weighted by Gasteiger charge is 2.27. The molecule has 78 valence electrons. The van der Waals surface area contributed by atoms with Gasteiger partial charge in [-0.2, -0.15) is 0 Å². The average molecular weight is 217 g/mol. The molecule has 1 aromatic rings. The second-order valence-electron chi connectivity index (χ2n) is 3.42. The summed E-state index contributed by atoms with van der Waals surface area (Å²) in [5, 5.41) is 18.4. The predicted octanol–water partition coefficient (Wildman–Crippen LogP) is 0.762. The van der Waals surface area contributed by atoms with Gasteiger partial charge in [0.1, 0.15) is 5.15 Å². The molecule has 1 heterocycles. The normalized spacial score (nSPS) is 15.1. The minimum atomic E-state index is -0.577. The van der Waals surface area contributed by atoms with Crippen LogP contribution >= 0.6 is 11.6 Å². The van der Waals surface area contributed by atoms with E-state index < -0.39 is 5.41 Å². The Hall–Kier alpha value is -0.710. The molecule has 0 aliphatic carbocycles. The number of aliphatic hydroxyl groups is 2. The molecule has 0 saturated carbocycles. The van der Waals surface area contributed by atoms with Gasteiger partial charge in [-0.1, -0.05) is 18.5 Å². The first-order valence-corrected chi connectivity index (χ1v) is 4.70. The summed E-state index contributed by atoms with van der Waals surface area (Å²) in [6.07, 6.45) is 3.41. The van der Waals surface area contributed by atoms with Crippen molar-refractivity contribution in [1.82, 2.24) is 9.97 Å². The smallest absolute Gasteiger partial charge is 0.147 e. The third-order valence-corrected chi connectivity index (χ3v) is 2.42. The first kappa shape index (κ1) is 11.4. The van der Waals surface area contributed by atoms with E-state index in [9.17, 15) is 5.11 Å². The molecule has 0 spiro atoms. The first-order valence-electron chi connectivity index (χ1n) is 4.32. The lowest BCUT2D eigenvalue weighted by molar-refractivity contribution is 0.161. The summed E-state index contributed by atoms with van der Waals surface area (Å²) in [6, 6.07) is 0. The minimum absolute atomic E-state index is 0.00868. The zero-order chi connectivity index (χ0) is 10.6. The molecule has 1 aromatic heterocycles. The van der Waals surface area contributed by atoms with Gasteiger partial charge in [-0.3, -0.25) is 4.98 Å². The Morgan fingerprint density at radius 3 is 2.64 bits per heavy atom. The zero-order valence-electron chi connectivity index (χ0n) is 7.94. The van der Waals surface area contributed by atoms with Crippen molar-refractivity contribution in [2.75, 3.05) is 13.2 Å². The van der Waals surface area contributed by atoms with Crippen molar-refractivity contribution in [3.63, 3.8) is 0 Å². The van der Waals surface area contributed by atoms with E-state index in [1.165, 1.54) is 6.20 Å². The maximum absolute atomic E-state index is 9.24. The van der Waals surface area contributed by atoms with E-state index in [0.29, 0.717) is 17.3 Å². The van der Waals surface area contributed by atoms with Gasteiger partial charge in [-0.25, -0.2) is 4.98 Å². The van der Waals surface area contributed by atoms with Crippen molar-refractivity contribution in [2.45, 2.75) is 18.8 Å². The molecule has 1 rings (SSSR count). The summed E-state index contributed by atoms with van der Waals surface area (Å²) in [7, 11) is 0. The van der Waals surface area contributed by atoms with Crippen LogP contribution in [0.25, 0.3) is 0 Å². The van der Waals surface area contributed by atoms with E-state index in [1.807, 2.05) is 6.92 Å². The van der Waals surface area contributed by atoms with Gasteiger partial charge in [0, 0.05) is 18.2 Å². The Morgan fingerprint density at radius 2 is 2.14 bits per heavy atom. The molecule has 1 unspecified atom stereocenters. The van der Waals surface area contributed by atoms with Crippen LogP contribution in [0.15, 0.2) is 12.4 Å². The number of halogens is 1. The summed E-state index contributed by atoms with van der Waals surface area (Å²) in [5.74, 6) is 0. The van der Waals surface area contributed by atoms with Crippen molar-refractivity contribution in [3.8, 4) is 0 Å². The van der Waals surface area contributed by atoms with Gasteiger partial charge in [0.25, 0.3) is 0 Å². The van der Waals surface area contributed by atoms with Gasteiger partial charge in [0.05, 0.1) is 18.5 Å².